The fourth-order valence-corrected chi connectivity index (χ4v) is 6.11. The third kappa shape index (κ3) is 2.65. The molecule has 1 fully saturated rings. The number of aliphatic imine (C=N–C) groups is 1. The summed E-state index contributed by atoms with van der Waals surface area (Å²) in [4.78, 5) is 4.73. The Morgan fingerprint density at radius 2 is 2.08 bits per heavy atom. The van der Waals surface area contributed by atoms with E-state index in [0.717, 1.165) is 29.1 Å². The highest BCUT2D eigenvalue weighted by Crippen LogP contribution is 2.61. The van der Waals surface area contributed by atoms with Gasteiger partial charge < -0.3 is 10.2 Å². The first-order valence-corrected chi connectivity index (χ1v) is 9.11. The number of phenols is 2. The van der Waals surface area contributed by atoms with E-state index in [2.05, 4.69) is 13.0 Å². The Morgan fingerprint density at radius 1 is 1.29 bits per heavy atom. The predicted octanol–water partition coefficient (Wildman–Crippen LogP) is 4.98. The average molecular weight is 384 g/mol. The SMILES string of the molecule is CC1CC23CC=C(Cl)C=C2N=CC(c2ccc(O)c(O)c2)C3S1.Cl. The van der Waals surface area contributed by atoms with Crippen LogP contribution in [0.1, 0.15) is 31.2 Å². The Labute approximate surface area is 156 Å². The number of rotatable bonds is 1. The van der Waals surface area contributed by atoms with Gasteiger partial charge in [-0.3, -0.25) is 4.99 Å². The van der Waals surface area contributed by atoms with Crippen molar-refractivity contribution in [1.29, 1.82) is 0 Å². The molecule has 0 bridgehead atoms. The highest BCUT2D eigenvalue weighted by molar-refractivity contribution is 8.00. The Hall–Kier alpha value is -1.10. The van der Waals surface area contributed by atoms with Crippen LogP contribution in [0.25, 0.3) is 0 Å². The third-order valence-electron chi connectivity index (χ3n) is 5.11. The minimum atomic E-state index is -0.0865. The molecule has 4 unspecified atom stereocenters. The Bertz CT molecular complexity index is 761. The molecule has 1 aromatic rings. The van der Waals surface area contributed by atoms with Gasteiger partial charge in [0.15, 0.2) is 11.5 Å². The Morgan fingerprint density at radius 3 is 2.83 bits per heavy atom. The molecule has 1 saturated heterocycles. The minimum absolute atomic E-state index is 0. The number of aromatic hydroxyl groups is 2. The van der Waals surface area contributed by atoms with Gasteiger partial charge in [-0.1, -0.05) is 30.7 Å². The van der Waals surface area contributed by atoms with Crippen molar-refractivity contribution in [3.05, 3.63) is 46.6 Å². The smallest absolute Gasteiger partial charge is 0.157 e. The lowest BCUT2D eigenvalue weighted by Crippen LogP contribution is -2.39. The molecule has 0 amide bonds. The van der Waals surface area contributed by atoms with Gasteiger partial charge in [-0.05, 0) is 36.6 Å². The lowest BCUT2D eigenvalue weighted by atomic mass is 9.67. The van der Waals surface area contributed by atoms with E-state index in [0.29, 0.717) is 10.5 Å². The zero-order chi connectivity index (χ0) is 16.2. The molecule has 1 aromatic carbocycles. The lowest BCUT2D eigenvalue weighted by molar-refractivity contribution is 0.315. The summed E-state index contributed by atoms with van der Waals surface area (Å²) in [5, 5.41) is 21.1. The van der Waals surface area contributed by atoms with E-state index in [4.69, 9.17) is 16.6 Å². The molecule has 24 heavy (non-hydrogen) atoms. The first-order valence-electron chi connectivity index (χ1n) is 7.79. The normalized spacial score (nSPS) is 33.8. The first kappa shape index (κ1) is 17.7. The molecule has 4 rings (SSSR count). The first-order chi connectivity index (χ1) is 11.0. The zero-order valence-corrected chi connectivity index (χ0v) is 15.5. The molecular formula is C18H19Cl2NO2S. The summed E-state index contributed by atoms with van der Waals surface area (Å²) < 4.78 is 0. The molecule has 2 aliphatic heterocycles. The maximum absolute atomic E-state index is 9.85. The van der Waals surface area contributed by atoms with Crippen molar-refractivity contribution in [1.82, 2.24) is 0 Å². The lowest BCUT2D eigenvalue weighted by Gasteiger charge is -2.42. The van der Waals surface area contributed by atoms with Gasteiger partial charge in [-0.15, -0.1) is 12.4 Å². The summed E-state index contributed by atoms with van der Waals surface area (Å²) in [6, 6.07) is 5.09. The molecule has 6 heteroatoms. The number of hydrogen-bond donors (Lipinski definition) is 2. The van der Waals surface area contributed by atoms with Crippen LogP contribution in [-0.4, -0.2) is 26.9 Å². The molecule has 128 valence electrons. The van der Waals surface area contributed by atoms with Gasteiger partial charge in [0.2, 0.25) is 0 Å². The molecule has 3 aliphatic rings. The van der Waals surface area contributed by atoms with Gasteiger partial charge in [0.25, 0.3) is 0 Å². The number of phenolic OH excluding ortho intramolecular Hbond substituents is 2. The van der Waals surface area contributed by atoms with Gasteiger partial charge in [0.1, 0.15) is 0 Å². The number of thioether (sulfide) groups is 1. The standard InChI is InChI=1S/C18H18ClNO2S.ClH/c1-10-8-18-5-4-12(19)7-16(18)20-9-13(17(18)23-10)11-2-3-14(21)15(22)6-11;/h2-4,6-7,9-10,13,17,21-22H,5,8H2,1H3;1H. The van der Waals surface area contributed by atoms with Crippen LogP contribution in [0, 0.1) is 5.41 Å². The molecule has 1 spiro atoms. The number of benzene rings is 1. The highest BCUT2D eigenvalue weighted by Gasteiger charge is 2.54. The van der Waals surface area contributed by atoms with Crippen LogP contribution in [0.15, 0.2) is 46.1 Å². The summed E-state index contributed by atoms with van der Waals surface area (Å²) in [5.41, 5.74) is 2.11. The van der Waals surface area contributed by atoms with Crippen LogP contribution >= 0.6 is 35.8 Å². The van der Waals surface area contributed by atoms with Crippen molar-refractivity contribution in [2.45, 2.75) is 36.2 Å². The maximum Gasteiger partial charge on any atom is 0.157 e. The van der Waals surface area contributed by atoms with E-state index in [9.17, 15) is 10.2 Å². The zero-order valence-electron chi connectivity index (χ0n) is 13.1. The summed E-state index contributed by atoms with van der Waals surface area (Å²) in [6.07, 6.45) is 8.08. The van der Waals surface area contributed by atoms with Crippen molar-refractivity contribution in [3.63, 3.8) is 0 Å². The number of hydrogen-bond acceptors (Lipinski definition) is 4. The quantitative estimate of drug-likeness (QED) is 0.672. The average Bonchev–Trinajstić information content (AvgIpc) is 2.86. The van der Waals surface area contributed by atoms with Crippen molar-refractivity contribution in [2.24, 2.45) is 10.4 Å². The van der Waals surface area contributed by atoms with E-state index in [1.165, 1.54) is 0 Å². The van der Waals surface area contributed by atoms with Gasteiger partial charge in [0.05, 0.1) is 0 Å². The summed E-state index contributed by atoms with van der Waals surface area (Å²) in [5.74, 6) is -0.0376. The third-order valence-corrected chi connectivity index (χ3v) is 7.04. The molecule has 0 saturated carbocycles. The molecule has 4 atom stereocenters. The van der Waals surface area contributed by atoms with Gasteiger partial charge in [-0.25, -0.2) is 0 Å². The topological polar surface area (TPSA) is 52.8 Å². The van der Waals surface area contributed by atoms with Crippen LogP contribution in [-0.2, 0) is 0 Å². The van der Waals surface area contributed by atoms with Gasteiger partial charge in [0, 0.05) is 38.8 Å². The van der Waals surface area contributed by atoms with Crippen molar-refractivity contribution < 1.29 is 10.2 Å². The predicted molar refractivity (Wildman–Crippen MR) is 103 cm³/mol. The van der Waals surface area contributed by atoms with E-state index in [1.807, 2.05) is 30.1 Å². The van der Waals surface area contributed by atoms with E-state index in [1.54, 1.807) is 12.1 Å². The maximum atomic E-state index is 9.85. The van der Waals surface area contributed by atoms with Crippen molar-refractivity contribution in [2.75, 3.05) is 0 Å². The molecule has 0 aromatic heterocycles. The second-order valence-corrected chi connectivity index (χ2v) is 8.62. The van der Waals surface area contributed by atoms with E-state index >= 15 is 0 Å². The molecule has 0 radical (unpaired) electrons. The number of nitrogens with zero attached hydrogens (tertiary/aromatic N) is 1. The summed E-state index contributed by atoms with van der Waals surface area (Å²) in [7, 11) is 0. The minimum Gasteiger partial charge on any atom is -0.504 e. The summed E-state index contributed by atoms with van der Waals surface area (Å²) in [6.45, 7) is 2.26. The Balaban J connectivity index is 0.00000169. The second kappa shape index (κ2) is 6.32. The fourth-order valence-electron chi connectivity index (χ4n) is 4.07. The number of halogens is 2. The molecular weight excluding hydrogens is 365 g/mol. The number of allylic oxidation sites excluding steroid dienone is 4. The van der Waals surface area contributed by atoms with E-state index < -0.39 is 0 Å². The monoisotopic (exact) mass is 383 g/mol. The van der Waals surface area contributed by atoms with E-state index in [-0.39, 0.29) is 35.2 Å². The van der Waals surface area contributed by atoms with Gasteiger partial charge in [-0.2, -0.15) is 11.8 Å². The molecule has 2 N–H and O–H groups in total. The van der Waals surface area contributed by atoms with Crippen LogP contribution in [0.4, 0.5) is 0 Å². The van der Waals surface area contributed by atoms with Crippen LogP contribution in [0.3, 0.4) is 0 Å². The van der Waals surface area contributed by atoms with Crippen LogP contribution in [0.5, 0.6) is 11.5 Å². The fraction of sp³-hybridized carbons (Fsp3) is 0.389. The second-order valence-electron chi connectivity index (χ2n) is 6.60. The largest absolute Gasteiger partial charge is 0.504 e. The highest BCUT2D eigenvalue weighted by atomic mass is 35.5. The van der Waals surface area contributed by atoms with Crippen molar-refractivity contribution in [3.8, 4) is 11.5 Å². The molecule has 2 heterocycles. The van der Waals surface area contributed by atoms with Crippen molar-refractivity contribution >= 4 is 42.0 Å². The van der Waals surface area contributed by atoms with Gasteiger partial charge >= 0.3 is 0 Å². The van der Waals surface area contributed by atoms with Crippen LogP contribution < -0.4 is 0 Å². The summed E-state index contributed by atoms with van der Waals surface area (Å²) >= 11 is 8.19. The van der Waals surface area contributed by atoms with Crippen LogP contribution in [0.2, 0.25) is 0 Å². The Kier molecular flexibility index (Phi) is 4.67. The molecule has 1 aliphatic carbocycles. The molecule has 3 nitrogen and oxygen atoms in total.